The van der Waals surface area contributed by atoms with Gasteiger partial charge in [0.1, 0.15) is 13.2 Å². The van der Waals surface area contributed by atoms with Crippen LogP contribution in [0.15, 0.2) is 146 Å². The molecule has 0 aliphatic carbocycles. The average molecular weight is 1230 g/mol. The number of aliphatic hydroxyl groups excluding tert-OH is 1. The van der Waals surface area contributed by atoms with Gasteiger partial charge in [0.2, 0.25) is 5.91 Å². The molecule has 3 atom stereocenters. The third-order valence-corrected chi connectivity index (χ3v) is 16.3. The Morgan fingerprint density at radius 2 is 0.701 bits per heavy atom. The lowest BCUT2D eigenvalue weighted by Gasteiger charge is -2.25. The first-order chi connectivity index (χ1) is 42.5. The van der Waals surface area contributed by atoms with Crippen molar-refractivity contribution in [2.45, 2.75) is 302 Å². The SMILES string of the molecule is CC/C=C\C/C=C\C/C=C\C/C=C\C/C=C\C/C=C\C/C=C\C/C=C\C/C=C\CCCCCCCCCC(=O)NC(COP(=O)(O)OCC[N+](C)(C)C)C(O)/C=C/CC/C=C/CC/C=C/CCCCCCCCCCCCCCCCCCCCCC. The van der Waals surface area contributed by atoms with Crippen LogP contribution in [0.25, 0.3) is 0 Å². The van der Waals surface area contributed by atoms with E-state index in [1.54, 1.807) is 6.08 Å². The zero-order valence-electron chi connectivity index (χ0n) is 57.0. The molecule has 0 radical (unpaired) electrons. The summed E-state index contributed by atoms with van der Waals surface area (Å²) < 4.78 is 23.8. The molecule has 0 saturated heterocycles. The Hall–Kier alpha value is -3.62. The van der Waals surface area contributed by atoms with Crippen LogP contribution in [0.1, 0.15) is 290 Å². The summed E-state index contributed by atoms with van der Waals surface area (Å²) in [7, 11) is 1.52. The number of unbranched alkanes of at least 4 members (excludes halogenated alkanes) is 29. The van der Waals surface area contributed by atoms with Crippen molar-refractivity contribution in [3.05, 3.63) is 146 Å². The largest absolute Gasteiger partial charge is 0.472 e. The first kappa shape index (κ1) is 83.4. The molecule has 3 N–H and O–H groups in total. The van der Waals surface area contributed by atoms with Crippen LogP contribution in [-0.4, -0.2) is 73.4 Å². The van der Waals surface area contributed by atoms with Gasteiger partial charge in [0, 0.05) is 6.42 Å². The van der Waals surface area contributed by atoms with E-state index < -0.39 is 20.0 Å². The molecule has 87 heavy (non-hydrogen) atoms. The summed E-state index contributed by atoms with van der Waals surface area (Å²) >= 11 is 0. The van der Waals surface area contributed by atoms with Gasteiger partial charge in [-0.2, -0.15) is 0 Å². The molecule has 0 spiro atoms. The quantitative estimate of drug-likeness (QED) is 0.0243. The van der Waals surface area contributed by atoms with Crippen molar-refractivity contribution in [2.24, 2.45) is 0 Å². The van der Waals surface area contributed by atoms with Gasteiger partial charge in [0.15, 0.2) is 0 Å². The molecule has 0 heterocycles. The van der Waals surface area contributed by atoms with Crippen molar-refractivity contribution in [3.8, 4) is 0 Å². The number of phosphoric acid groups is 1. The first-order valence-corrected chi connectivity index (χ1v) is 37.2. The van der Waals surface area contributed by atoms with Gasteiger partial charge in [-0.15, -0.1) is 0 Å². The Labute approximate surface area is 538 Å². The van der Waals surface area contributed by atoms with Gasteiger partial charge >= 0.3 is 7.82 Å². The second-order valence-corrected chi connectivity index (χ2v) is 26.3. The van der Waals surface area contributed by atoms with E-state index in [-0.39, 0.29) is 19.1 Å². The second-order valence-electron chi connectivity index (χ2n) is 24.9. The lowest BCUT2D eigenvalue weighted by molar-refractivity contribution is -0.870. The van der Waals surface area contributed by atoms with Crippen molar-refractivity contribution < 1.29 is 32.9 Å². The van der Waals surface area contributed by atoms with Gasteiger partial charge in [0.05, 0.1) is 39.9 Å². The Balaban J connectivity index is 4.22. The molecular weight excluding hydrogens is 1090 g/mol. The second kappa shape index (κ2) is 66.8. The Morgan fingerprint density at radius 1 is 0.402 bits per heavy atom. The highest BCUT2D eigenvalue weighted by Crippen LogP contribution is 2.43. The summed E-state index contributed by atoms with van der Waals surface area (Å²) in [6.45, 7) is 4.67. The fraction of sp³-hybridized carbons (Fsp3) is 0.679. The van der Waals surface area contributed by atoms with Gasteiger partial charge in [0.25, 0.3) is 0 Å². The first-order valence-electron chi connectivity index (χ1n) is 35.7. The number of likely N-dealkylation sites (N-methyl/N-ethyl adjacent to an activating group) is 1. The molecule has 9 heteroatoms. The maximum absolute atomic E-state index is 13.1. The van der Waals surface area contributed by atoms with Crippen molar-refractivity contribution in [3.63, 3.8) is 0 Å². The van der Waals surface area contributed by atoms with Crippen LogP contribution >= 0.6 is 7.82 Å². The average Bonchev–Trinajstić information content (AvgIpc) is 3.70. The van der Waals surface area contributed by atoms with E-state index in [0.717, 1.165) is 116 Å². The summed E-state index contributed by atoms with van der Waals surface area (Å²) in [5.74, 6) is -0.206. The number of nitrogens with one attached hydrogen (secondary N) is 1. The fourth-order valence-electron chi connectivity index (χ4n) is 9.77. The van der Waals surface area contributed by atoms with Crippen LogP contribution in [-0.2, 0) is 18.4 Å². The van der Waals surface area contributed by atoms with Crippen LogP contribution in [0.2, 0.25) is 0 Å². The van der Waals surface area contributed by atoms with E-state index in [9.17, 15) is 19.4 Å². The van der Waals surface area contributed by atoms with Gasteiger partial charge in [-0.05, 0) is 116 Å². The monoisotopic (exact) mass is 1230 g/mol. The zero-order valence-corrected chi connectivity index (χ0v) is 57.9. The number of carbonyl (C=O) groups is 1. The molecule has 0 bridgehead atoms. The van der Waals surface area contributed by atoms with E-state index in [0.29, 0.717) is 17.4 Å². The molecule has 0 aromatic rings. The van der Waals surface area contributed by atoms with Crippen molar-refractivity contribution in [1.29, 1.82) is 0 Å². The Bertz CT molecular complexity index is 1930. The molecule has 0 aliphatic rings. The lowest BCUT2D eigenvalue weighted by Crippen LogP contribution is -2.45. The summed E-state index contributed by atoms with van der Waals surface area (Å²) in [6.07, 6.45) is 103. The van der Waals surface area contributed by atoms with Gasteiger partial charge in [-0.25, -0.2) is 4.57 Å². The summed E-state index contributed by atoms with van der Waals surface area (Å²) in [5.41, 5.74) is 0. The number of rotatable bonds is 64. The molecule has 0 rings (SSSR count). The van der Waals surface area contributed by atoms with E-state index >= 15 is 0 Å². The van der Waals surface area contributed by atoms with E-state index in [1.807, 2.05) is 27.2 Å². The Kier molecular flexibility index (Phi) is 64.0. The Morgan fingerprint density at radius 3 is 1.06 bits per heavy atom. The molecule has 0 aromatic heterocycles. The number of quaternary nitrogens is 1. The van der Waals surface area contributed by atoms with Crippen molar-refractivity contribution >= 4 is 13.7 Å². The molecule has 498 valence electrons. The summed E-state index contributed by atoms with van der Waals surface area (Å²) in [4.78, 5) is 23.4. The van der Waals surface area contributed by atoms with Crippen LogP contribution in [0.4, 0.5) is 0 Å². The maximum Gasteiger partial charge on any atom is 0.472 e. The number of amides is 1. The van der Waals surface area contributed by atoms with Crippen LogP contribution in [0.3, 0.4) is 0 Å². The van der Waals surface area contributed by atoms with Gasteiger partial charge < -0.3 is 19.8 Å². The highest BCUT2D eigenvalue weighted by atomic mass is 31.2. The van der Waals surface area contributed by atoms with Crippen LogP contribution in [0, 0.1) is 0 Å². The maximum atomic E-state index is 13.1. The third kappa shape index (κ3) is 69.7. The number of hydrogen-bond donors (Lipinski definition) is 3. The van der Waals surface area contributed by atoms with Crippen LogP contribution < -0.4 is 5.32 Å². The standard InChI is InChI=1S/C78H135N2O6P/c1-6-8-10-12-14-16-18-20-22-24-26-28-30-32-34-36-38-39-40-41-42-44-46-48-50-52-54-56-58-60-62-64-66-68-70-72-78(82)79-76(75-86-87(83,84)85-74-73-80(3,4)5)77(81)71-69-67-65-63-61-59-57-55-53-51-49-47-45-43-37-35-33-31-29-27-25-23-21-19-17-15-13-11-9-7-2/h8,10,14,16,20,22,26,28,32,34,38-39,41-42,46,48,52-55,61,63,69,71,76-77,81H,6-7,9,11-13,15,17-19,21,23-25,27,29-31,33,35-37,40,43-45,47,49-51,56-60,62,64-68,70,72-75H2,1-5H3,(H-,79,82,83,84)/p+1/b10-8-,16-14-,22-20-,28-26-,34-32-,39-38-,42-41-,48-46-,54-52-,55-53+,63-61+,71-69+. The number of hydrogen-bond acceptors (Lipinski definition) is 5. The van der Waals surface area contributed by atoms with E-state index in [4.69, 9.17) is 9.05 Å². The van der Waals surface area contributed by atoms with Crippen molar-refractivity contribution in [1.82, 2.24) is 5.32 Å². The summed E-state index contributed by atoms with van der Waals surface area (Å²) in [5, 5.41) is 14.0. The molecule has 0 aromatic carbocycles. The highest BCUT2D eigenvalue weighted by Gasteiger charge is 2.28. The van der Waals surface area contributed by atoms with E-state index in [1.165, 1.54) is 154 Å². The minimum Gasteiger partial charge on any atom is -0.387 e. The smallest absolute Gasteiger partial charge is 0.387 e. The topological polar surface area (TPSA) is 105 Å². The van der Waals surface area contributed by atoms with Crippen LogP contribution in [0.5, 0.6) is 0 Å². The van der Waals surface area contributed by atoms with Gasteiger partial charge in [-0.3, -0.25) is 13.8 Å². The third-order valence-electron chi connectivity index (χ3n) is 15.3. The predicted octanol–water partition coefficient (Wildman–Crippen LogP) is 23.2. The van der Waals surface area contributed by atoms with E-state index in [2.05, 4.69) is 153 Å². The summed E-state index contributed by atoms with van der Waals surface area (Å²) in [6, 6.07) is -0.889. The lowest BCUT2D eigenvalue weighted by atomic mass is 10.0. The zero-order chi connectivity index (χ0) is 63.4. The molecular formula is C78H136N2O6P+. The predicted molar refractivity (Wildman–Crippen MR) is 382 cm³/mol. The molecule has 3 unspecified atom stereocenters. The number of phosphoric ester groups is 1. The minimum absolute atomic E-state index is 0.0435. The van der Waals surface area contributed by atoms with Crippen molar-refractivity contribution in [2.75, 3.05) is 40.9 Å². The number of allylic oxidation sites excluding steroid dienone is 23. The fourth-order valence-corrected chi connectivity index (χ4v) is 10.5. The molecule has 0 aliphatic heterocycles. The molecule has 1 amide bonds. The molecule has 0 fully saturated rings. The number of aliphatic hydroxyl groups is 1. The normalized spacial score (nSPS) is 14.5. The molecule has 8 nitrogen and oxygen atoms in total. The highest BCUT2D eigenvalue weighted by molar-refractivity contribution is 7.47. The molecule has 0 saturated carbocycles. The van der Waals surface area contributed by atoms with Gasteiger partial charge in [-0.1, -0.05) is 314 Å². The number of nitrogens with zero attached hydrogens (tertiary/aromatic N) is 1. The minimum atomic E-state index is -4.38. The number of carbonyl (C=O) groups excluding carboxylic acids is 1.